The van der Waals surface area contributed by atoms with Crippen molar-refractivity contribution in [3.63, 3.8) is 0 Å². The lowest BCUT2D eigenvalue weighted by atomic mass is 10.1. The number of Topliss-reactive ketones (excluding diaryl/α,β-unsaturated/α-hetero) is 1. The van der Waals surface area contributed by atoms with Crippen molar-refractivity contribution in [2.75, 3.05) is 19.1 Å². The Bertz CT molecular complexity index is 649. The lowest BCUT2D eigenvalue weighted by Crippen LogP contribution is -2.31. The highest BCUT2D eigenvalue weighted by Crippen LogP contribution is 2.25. The maximum atomic E-state index is 11.6. The number of nitrogens with zero attached hydrogens (tertiary/aromatic N) is 1. The van der Waals surface area contributed by atoms with Crippen molar-refractivity contribution < 1.29 is 14.3 Å². The Balaban J connectivity index is 2.42. The van der Waals surface area contributed by atoms with Crippen LogP contribution in [0.15, 0.2) is 36.4 Å². The van der Waals surface area contributed by atoms with E-state index in [-0.39, 0.29) is 0 Å². The molecule has 0 saturated heterocycles. The molecule has 0 unspecified atom stereocenters. The molecule has 0 N–H and O–H groups in total. The molecule has 98 valence electrons. The summed E-state index contributed by atoms with van der Waals surface area (Å²) in [6, 6.07) is 11.3. The molecule has 0 aromatic heterocycles. The van der Waals surface area contributed by atoms with Crippen molar-refractivity contribution in [3.8, 4) is 5.75 Å². The van der Waals surface area contributed by atoms with Gasteiger partial charge < -0.3 is 9.64 Å². The van der Waals surface area contributed by atoms with Crippen LogP contribution in [0, 0.1) is 0 Å². The third-order valence-electron chi connectivity index (χ3n) is 3.02. The fourth-order valence-corrected chi connectivity index (χ4v) is 1.90. The number of hydrogen-bond donors (Lipinski definition) is 0. The zero-order chi connectivity index (χ0) is 14.0. The Hall–Kier alpha value is -2.36. The molecule has 19 heavy (non-hydrogen) atoms. The molecule has 0 aliphatic heterocycles. The number of methoxy groups -OCH3 is 1. The molecule has 0 atom stereocenters. The van der Waals surface area contributed by atoms with Crippen LogP contribution in [0.2, 0.25) is 0 Å². The van der Waals surface area contributed by atoms with Gasteiger partial charge in [-0.2, -0.15) is 0 Å². The number of likely N-dealkylation sites (N-methyl/N-ethyl adjacent to an activating group) is 1. The fraction of sp³-hybridized carbons (Fsp3) is 0.200. The molecule has 1 amide bonds. The topological polar surface area (TPSA) is 46.6 Å². The van der Waals surface area contributed by atoms with Crippen LogP contribution in [-0.4, -0.2) is 25.8 Å². The predicted molar refractivity (Wildman–Crippen MR) is 74.6 cm³/mol. The number of benzene rings is 2. The van der Waals surface area contributed by atoms with Gasteiger partial charge in [-0.1, -0.05) is 12.1 Å². The molecular formula is C15H15NO3. The molecule has 4 nitrogen and oxygen atoms in total. The van der Waals surface area contributed by atoms with Crippen LogP contribution in [0.25, 0.3) is 10.8 Å². The minimum atomic E-state index is -0.520. The third-order valence-corrected chi connectivity index (χ3v) is 3.02. The van der Waals surface area contributed by atoms with Crippen LogP contribution in [0.5, 0.6) is 5.75 Å². The van der Waals surface area contributed by atoms with Crippen molar-refractivity contribution in [1.82, 2.24) is 0 Å². The van der Waals surface area contributed by atoms with Crippen LogP contribution in [0.4, 0.5) is 5.69 Å². The summed E-state index contributed by atoms with van der Waals surface area (Å²) in [5, 5.41) is 2.01. The smallest absolute Gasteiger partial charge is 0.293 e. The Morgan fingerprint density at radius 3 is 2.32 bits per heavy atom. The molecule has 0 heterocycles. The lowest BCUT2D eigenvalue weighted by molar-refractivity contribution is -0.134. The largest absolute Gasteiger partial charge is 0.497 e. The van der Waals surface area contributed by atoms with E-state index in [0.717, 1.165) is 16.5 Å². The average Bonchev–Trinajstić information content (AvgIpc) is 2.44. The highest BCUT2D eigenvalue weighted by atomic mass is 16.5. The molecule has 0 fully saturated rings. The fourth-order valence-electron chi connectivity index (χ4n) is 1.90. The molecule has 2 aromatic rings. The monoisotopic (exact) mass is 257 g/mol. The first kappa shape index (κ1) is 13.1. The summed E-state index contributed by atoms with van der Waals surface area (Å²) in [5.41, 5.74) is 0.692. The van der Waals surface area contributed by atoms with Crippen molar-refractivity contribution in [3.05, 3.63) is 36.4 Å². The predicted octanol–water partition coefficient (Wildman–Crippen LogP) is 2.40. The number of ketones is 1. The van der Waals surface area contributed by atoms with E-state index >= 15 is 0 Å². The molecule has 2 rings (SSSR count). The first-order valence-corrected chi connectivity index (χ1v) is 5.89. The molecule has 2 aromatic carbocycles. The summed E-state index contributed by atoms with van der Waals surface area (Å²) in [6.45, 7) is 1.27. The Kier molecular flexibility index (Phi) is 3.51. The first-order chi connectivity index (χ1) is 9.02. The van der Waals surface area contributed by atoms with Gasteiger partial charge in [0.15, 0.2) is 0 Å². The zero-order valence-electron chi connectivity index (χ0n) is 11.1. The number of amides is 1. The standard InChI is InChI=1S/C15H15NO3/c1-10(17)15(18)16(2)13-6-4-12-9-14(19-3)7-5-11(12)8-13/h4-9H,1-3H3. The van der Waals surface area contributed by atoms with Gasteiger partial charge in [0.2, 0.25) is 5.78 Å². The number of hydrogen-bond acceptors (Lipinski definition) is 3. The number of ether oxygens (including phenoxy) is 1. The van der Waals surface area contributed by atoms with Crippen molar-refractivity contribution in [1.29, 1.82) is 0 Å². The van der Waals surface area contributed by atoms with Gasteiger partial charge in [-0.3, -0.25) is 9.59 Å². The van der Waals surface area contributed by atoms with Gasteiger partial charge >= 0.3 is 0 Å². The molecule has 0 aliphatic rings. The van der Waals surface area contributed by atoms with Crippen LogP contribution in [0.3, 0.4) is 0 Å². The van der Waals surface area contributed by atoms with E-state index in [9.17, 15) is 9.59 Å². The normalized spacial score (nSPS) is 10.3. The maximum Gasteiger partial charge on any atom is 0.293 e. The van der Waals surface area contributed by atoms with Crippen molar-refractivity contribution >= 4 is 28.2 Å². The van der Waals surface area contributed by atoms with Crippen LogP contribution in [-0.2, 0) is 9.59 Å². The van der Waals surface area contributed by atoms with Gasteiger partial charge in [0, 0.05) is 19.7 Å². The molecule has 0 radical (unpaired) electrons. The van der Waals surface area contributed by atoms with E-state index in [1.807, 2.05) is 36.4 Å². The highest BCUT2D eigenvalue weighted by molar-refractivity contribution is 6.40. The van der Waals surface area contributed by atoms with Gasteiger partial charge in [0.1, 0.15) is 5.75 Å². The SMILES string of the molecule is COc1ccc2cc(N(C)C(=O)C(C)=O)ccc2c1. The van der Waals surface area contributed by atoms with Gasteiger partial charge in [-0.25, -0.2) is 0 Å². The third kappa shape index (κ3) is 2.57. The lowest BCUT2D eigenvalue weighted by Gasteiger charge is -2.16. The molecule has 0 aliphatic carbocycles. The second kappa shape index (κ2) is 5.10. The Morgan fingerprint density at radius 1 is 1.05 bits per heavy atom. The van der Waals surface area contributed by atoms with E-state index in [2.05, 4.69) is 0 Å². The number of carbonyl (C=O) groups excluding carboxylic acids is 2. The van der Waals surface area contributed by atoms with Crippen LogP contribution in [0.1, 0.15) is 6.92 Å². The quantitative estimate of drug-likeness (QED) is 0.793. The number of anilines is 1. The summed E-state index contributed by atoms with van der Waals surface area (Å²) in [7, 11) is 3.21. The summed E-state index contributed by atoms with van der Waals surface area (Å²) in [6.07, 6.45) is 0. The van der Waals surface area contributed by atoms with Crippen LogP contribution < -0.4 is 9.64 Å². The Labute approximate surface area is 111 Å². The molecule has 0 bridgehead atoms. The van der Waals surface area contributed by atoms with Crippen LogP contribution >= 0.6 is 0 Å². The molecule has 4 heteroatoms. The van der Waals surface area contributed by atoms with E-state index in [0.29, 0.717) is 5.69 Å². The van der Waals surface area contributed by atoms with Gasteiger partial charge in [0.25, 0.3) is 5.91 Å². The van der Waals surface area contributed by atoms with Gasteiger partial charge in [0.05, 0.1) is 7.11 Å². The first-order valence-electron chi connectivity index (χ1n) is 5.89. The molecule has 0 spiro atoms. The number of fused-ring (bicyclic) bond motifs is 1. The number of rotatable bonds is 3. The highest BCUT2D eigenvalue weighted by Gasteiger charge is 2.15. The van der Waals surface area contributed by atoms with E-state index in [4.69, 9.17) is 4.74 Å². The second-order valence-corrected chi connectivity index (χ2v) is 4.32. The minimum absolute atomic E-state index is 0.475. The van der Waals surface area contributed by atoms with Crippen molar-refractivity contribution in [2.45, 2.75) is 6.92 Å². The summed E-state index contributed by atoms with van der Waals surface area (Å²) < 4.78 is 5.16. The van der Waals surface area contributed by atoms with Crippen molar-refractivity contribution in [2.24, 2.45) is 0 Å². The minimum Gasteiger partial charge on any atom is -0.497 e. The summed E-state index contributed by atoms with van der Waals surface area (Å²) in [4.78, 5) is 24.1. The second-order valence-electron chi connectivity index (χ2n) is 4.32. The zero-order valence-corrected chi connectivity index (χ0v) is 11.1. The Morgan fingerprint density at radius 2 is 1.68 bits per heavy atom. The molecular weight excluding hydrogens is 242 g/mol. The van der Waals surface area contributed by atoms with E-state index in [1.54, 1.807) is 14.2 Å². The van der Waals surface area contributed by atoms with Gasteiger partial charge in [-0.15, -0.1) is 0 Å². The van der Waals surface area contributed by atoms with E-state index in [1.165, 1.54) is 11.8 Å². The molecule has 0 saturated carbocycles. The van der Waals surface area contributed by atoms with E-state index < -0.39 is 11.7 Å². The number of carbonyl (C=O) groups is 2. The summed E-state index contributed by atoms with van der Waals surface area (Å²) in [5.74, 6) is -0.210. The maximum absolute atomic E-state index is 11.6. The summed E-state index contributed by atoms with van der Waals surface area (Å²) >= 11 is 0. The van der Waals surface area contributed by atoms with Gasteiger partial charge in [-0.05, 0) is 35.0 Å². The average molecular weight is 257 g/mol.